The molecule has 0 aromatic carbocycles. The smallest absolute Gasteiger partial charge is 0.365 e. The van der Waals surface area contributed by atoms with Crippen molar-refractivity contribution < 1.29 is 22.2 Å². The molecule has 1 amide bonds. The quantitative estimate of drug-likeness (QED) is 0.851. The summed E-state index contributed by atoms with van der Waals surface area (Å²) < 4.78 is 52.6. The summed E-state index contributed by atoms with van der Waals surface area (Å²) >= 11 is 1.03. The third-order valence-corrected chi connectivity index (χ3v) is 7.17. The number of nitrogens with zero attached hydrogens (tertiary/aromatic N) is 2. The first-order valence-electron chi connectivity index (χ1n) is 7.68. The molecule has 136 valence electrons. The van der Waals surface area contributed by atoms with E-state index in [0.717, 1.165) is 16.0 Å². The van der Waals surface area contributed by atoms with E-state index in [1.165, 1.54) is 6.20 Å². The number of hydrogen-bond donors (Lipinski definition) is 1. The summed E-state index contributed by atoms with van der Waals surface area (Å²) in [6.45, 7) is 0.635. The van der Waals surface area contributed by atoms with Crippen molar-refractivity contribution in [3.05, 3.63) is 22.2 Å². The minimum Gasteiger partial charge on any atom is -0.365 e. The fourth-order valence-electron chi connectivity index (χ4n) is 3.00. The number of halogens is 3. The van der Waals surface area contributed by atoms with Gasteiger partial charge in [0.25, 0.3) is 5.91 Å². The number of rotatable bonds is 5. The van der Waals surface area contributed by atoms with E-state index in [0.29, 0.717) is 51.6 Å². The van der Waals surface area contributed by atoms with E-state index in [4.69, 9.17) is 5.73 Å². The SMILES string of the molecule is CCCS(=O)c1sc(C(N)=O)c2c1-c1c(cnn1CC(F)(F)F)CC2. The molecule has 2 aromatic rings. The maximum absolute atomic E-state index is 12.9. The molecule has 2 heterocycles. The van der Waals surface area contributed by atoms with Crippen LogP contribution in [0, 0.1) is 0 Å². The van der Waals surface area contributed by atoms with Crippen molar-refractivity contribution in [3.63, 3.8) is 0 Å². The van der Waals surface area contributed by atoms with Gasteiger partial charge in [-0.2, -0.15) is 18.3 Å². The highest BCUT2D eigenvalue weighted by Gasteiger charge is 2.35. The van der Waals surface area contributed by atoms with Crippen molar-refractivity contribution in [1.82, 2.24) is 9.78 Å². The molecule has 0 saturated heterocycles. The summed E-state index contributed by atoms with van der Waals surface area (Å²) in [5.41, 5.74) is 7.45. The molecule has 3 rings (SSSR count). The first-order valence-corrected chi connectivity index (χ1v) is 9.82. The van der Waals surface area contributed by atoms with E-state index in [1.54, 1.807) is 0 Å². The average molecular weight is 391 g/mol. The van der Waals surface area contributed by atoms with Gasteiger partial charge in [0, 0.05) is 11.3 Å². The molecular weight excluding hydrogens is 375 g/mol. The van der Waals surface area contributed by atoms with Gasteiger partial charge in [-0.15, -0.1) is 11.3 Å². The highest BCUT2D eigenvalue weighted by molar-refractivity contribution is 7.87. The Morgan fingerprint density at radius 2 is 2.16 bits per heavy atom. The van der Waals surface area contributed by atoms with Gasteiger partial charge in [-0.1, -0.05) is 6.92 Å². The lowest BCUT2D eigenvalue weighted by molar-refractivity contribution is -0.142. The second-order valence-electron chi connectivity index (χ2n) is 5.78. The van der Waals surface area contributed by atoms with Crippen LogP contribution in [0.5, 0.6) is 0 Å². The zero-order chi connectivity index (χ0) is 18.4. The number of thiophene rings is 1. The summed E-state index contributed by atoms with van der Waals surface area (Å²) in [5.74, 6) is -0.278. The van der Waals surface area contributed by atoms with Crippen LogP contribution in [0.2, 0.25) is 0 Å². The molecule has 1 aliphatic rings. The lowest BCUT2D eigenvalue weighted by Crippen LogP contribution is -2.21. The van der Waals surface area contributed by atoms with Gasteiger partial charge in [0.05, 0.1) is 27.6 Å². The van der Waals surface area contributed by atoms with Crippen LogP contribution >= 0.6 is 11.3 Å². The fourth-order valence-corrected chi connectivity index (χ4v) is 5.81. The Morgan fingerprint density at radius 1 is 1.44 bits per heavy atom. The van der Waals surface area contributed by atoms with Crippen molar-refractivity contribution in [2.24, 2.45) is 5.73 Å². The predicted molar refractivity (Wildman–Crippen MR) is 89.1 cm³/mol. The third kappa shape index (κ3) is 3.37. The summed E-state index contributed by atoms with van der Waals surface area (Å²) in [4.78, 5) is 12.0. The standard InChI is InChI=1S/C15H16F3N3O2S2/c1-2-5-25(23)14-10-9(12(24-14)13(19)22)4-3-8-6-20-21(11(8)10)7-15(16,17)18/h6H,2-5,7H2,1H3,(H2,19,22). The first-order chi connectivity index (χ1) is 11.7. The van der Waals surface area contributed by atoms with E-state index in [2.05, 4.69) is 5.10 Å². The zero-order valence-electron chi connectivity index (χ0n) is 13.4. The Labute approximate surface area is 148 Å². The largest absolute Gasteiger partial charge is 0.408 e. The number of nitrogens with two attached hydrogens (primary N) is 1. The highest BCUT2D eigenvalue weighted by atomic mass is 32.2. The molecule has 1 unspecified atom stereocenters. The van der Waals surface area contributed by atoms with Crippen LogP contribution in [0.1, 0.15) is 34.1 Å². The van der Waals surface area contributed by atoms with Crippen molar-refractivity contribution in [2.75, 3.05) is 5.75 Å². The molecule has 1 atom stereocenters. The summed E-state index contributed by atoms with van der Waals surface area (Å²) in [5, 5.41) is 3.87. The molecule has 0 fully saturated rings. The Morgan fingerprint density at radius 3 is 2.76 bits per heavy atom. The number of fused-ring (bicyclic) bond motifs is 3. The van der Waals surface area contributed by atoms with E-state index in [9.17, 15) is 22.2 Å². The Balaban J connectivity index is 2.22. The molecule has 10 heteroatoms. The Kier molecular flexibility index (Phi) is 4.76. The number of aryl methyl sites for hydroxylation is 1. The molecule has 0 spiro atoms. The minimum atomic E-state index is -4.43. The number of alkyl halides is 3. The van der Waals surface area contributed by atoms with Crippen LogP contribution in [-0.4, -0.2) is 31.8 Å². The van der Waals surface area contributed by atoms with Crippen molar-refractivity contribution >= 4 is 28.0 Å². The van der Waals surface area contributed by atoms with Crippen LogP contribution in [0.25, 0.3) is 11.3 Å². The number of aromatic nitrogens is 2. The molecule has 2 aromatic heterocycles. The predicted octanol–water partition coefficient (Wildman–Crippen LogP) is 2.89. The second kappa shape index (κ2) is 6.56. The van der Waals surface area contributed by atoms with E-state index < -0.39 is 29.4 Å². The molecule has 25 heavy (non-hydrogen) atoms. The van der Waals surface area contributed by atoms with Gasteiger partial charge >= 0.3 is 6.18 Å². The lowest BCUT2D eigenvalue weighted by atomic mass is 9.92. The van der Waals surface area contributed by atoms with Gasteiger partial charge in [0.15, 0.2) is 0 Å². The molecular formula is C15H16F3N3O2S2. The number of carbonyl (C=O) groups excluding carboxylic acids is 1. The summed E-state index contributed by atoms with van der Waals surface area (Å²) in [6.07, 6.45) is -1.42. The van der Waals surface area contributed by atoms with E-state index >= 15 is 0 Å². The van der Waals surface area contributed by atoms with Gasteiger partial charge < -0.3 is 5.73 Å². The van der Waals surface area contributed by atoms with Crippen LogP contribution in [-0.2, 0) is 30.2 Å². The minimum absolute atomic E-state index is 0.278. The second-order valence-corrected chi connectivity index (χ2v) is 8.56. The molecule has 2 N–H and O–H groups in total. The van der Waals surface area contributed by atoms with Crippen molar-refractivity contribution in [2.45, 2.75) is 43.1 Å². The van der Waals surface area contributed by atoms with E-state index in [-0.39, 0.29) is 4.88 Å². The molecule has 0 bridgehead atoms. The third-order valence-electron chi connectivity index (χ3n) is 3.92. The molecule has 0 radical (unpaired) electrons. The van der Waals surface area contributed by atoms with Crippen molar-refractivity contribution in [1.29, 1.82) is 0 Å². The molecule has 5 nitrogen and oxygen atoms in total. The summed E-state index contributed by atoms with van der Waals surface area (Å²) in [7, 11) is -1.40. The lowest BCUT2D eigenvalue weighted by Gasteiger charge is -2.18. The van der Waals surface area contributed by atoms with Gasteiger partial charge in [0.2, 0.25) is 0 Å². The van der Waals surface area contributed by atoms with Gasteiger partial charge in [0.1, 0.15) is 10.8 Å². The normalized spacial score (nSPS) is 14.9. The number of primary amides is 1. The Hall–Kier alpha value is -1.68. The Bertz CT molecular complexity index is 855. The van der Waals surface area contributed by atoms with Crippen LogP contribution in [0.3, 0.4) is 0 Å². The van der Waals surface area contributed by atoms with Gasteiger partial charge in [-0.3, -0.25) is 13.7 Å². The maximum Gasteiger partial charge on any atom is 0.408 e. The molecule has 1 aliphatic carbocycles. The van der Waals surface area contributed by atoms with E-state index in [1.807, 2.05) is 6.92 Å². The topological polar surface area (TPSA) is 78.0 Å². The average Bonchev–Trinajstić information content (AvgIpc) is 3.07. The highest BCUT2D eigenvalue weighted by Crippen LogP contribution is 2.44. The molecule has 0 aliphatic heterocycles. The van der Waals surface area contributed by atoms with Gasteiger partial charge in [-0.05, 0) is 30.4 Å². The number of carbonyl (C=O) groups is 1. The first kappa shape index (κ1) is 18.1. The van der Waals surface area contributed by atoms with Crippen LogP contribution in [0.4, 0.5) is 13.2 Å². The van der Waals surface area contributed by atoms with Crippen molar-refractivity contribution in [3.8, 4) is 11.3 Å². The maximum atomic E-state index is 12.9. The van der Waals surface area contributed by atoms with Gasteiger partial charge in [-0.25, -0.2) is 0 Å². The summed E-state index contributed by atoms with van der Waals surface area (Å²) in [6, 6.07) is 0. The zero-order valence-corrected chi connectivity index (χ0v) is 15.0. The van der Waals surface area contributed by atoms with Crippen LogP contribution in [0.15, 0.2) is 10.4 Å². The monoisotopic (exact) mass is 391 g/mol. The van der Waals surface area contributed by atoms with Crippen LogP contribution < -0.4 is 5.73 Å². The fraction of sp³-hybridized carbons (Fsp3) is 0.467. The molecule has 0 saturated carbocycles. The number of amides is 1. The number of hydrogen-bond acceptors (Lipinski definition) is 4.